The van der Waals surface area contributed by atoms with Crippen LogP contribution in [-0.2, 0) is 9.53 Å². The highest BCUT2D eigenvalue weighted by Crippen LogP contribution is 2.20. The largest absolute Gasteiger partial charge is 0.444 e. The van der Waals surface area contributed by atoms with Gasteiger partial charge in [-0.25, -0.2) is 4.79 Å². The maximum absolute atomic E-state index is 12.3. The Morgan fingerprint density at radius 3 is 2.40 bits per heavy atom. The first-order chi connectivity index (χ1) is 11.7. The summed E-state index contributed by atoms with van der Waals surface area (Å²) in [7, 11) is 0. The fourth-order valence-electron chi connectivity index (χ4n) is 3.62. The average Bonchev–Trinajstić information content (AvgIpc) is 2.53. The Hall–Kier alpha value is -1.30. The van der Waals surface area contributed by atoms with Gasteiger partial charge in [0.1, 0.15) is 5.60 Å². The van der Waals surface area contributed by atoms with Crippen molar-refractivity contribution in [2.75, 3.05) is 39.3 Å². The van der Waals surface area contributed by atoms with Gasteiger partial charge in [0.2, 0.25) is 5.91 Å². The average molecular weight is 354 g/mol. The van der Waals surface area contributed by atoms with E-state index in [1.54, 1.807) is 4.90 Å². The lowest BCUT2D eigenvalue weighted by Crippen LogP contribution is -2.46. The van der Waals surface area contributed by atoms with E-state index in [4.69, 9.17) is 4.74 Å². The molecule has 0 saturated carbocycles. The zero-order valence-corrected chi connectivity index (χ0v) is 16.3. The van der Waals surface area contributed by atoms with Crippen LogP contribution in [-0.4, -0.2) is 66.7 Å². The van der Waals surface area contributed by atoms with Crippen molar-refractivity contribution in [1.82, 2.24) is 15.1 Å². The highest BCUT2D eigenvalue weighted by molar-refractivity contribution is 5.79. The molecule has 2 rings (SSSR count). The van der Waals surface area contributed by atoms with Gasteiger partial charge in [0.15, 0.2) is 0 Å². The summed E-state index contributed by atoms with van der Waals surface area (Å²) in [5.74, 6) is 0.912. The second-order valence-corrected chi connectivity index (χ2v) is 8.58. The molecule has 1 atom stereocenters. The van der Waals surface area contributed by atoms with Crippen molar-refractivity contribution in [3.8, 4) is 0 Å². The van der Waals surface area contributed by atoms with Gasteiger partial charge in [0.05, 0.1) is 0 Å². The Morgan fingerprint density at radius 1 is 1.12 bits per heavy atom. The fraction of sp³-hybridized carbons (Fsp3) is 0.895. The molecule has 2 amide bonds. The molecule has 0 spiro atoms. The van der Waals surface area contributed by atoms with E-state index in [2.05, 4.69) is 17.1 Å². The molecule has 0 aromatic carbocycles. The minimum absolute atomic E-state index is 0.0129. The molecule has 6 nitrogen and oxygen atoms in total. The van der Waals surface area contributed by atoms with E-state index in [0.29, 0.717) is 25.9 Å². The van der Waals surface area contributed by atoms with Crippen LogP contribution in [0.2, 0.25) is 0 Å². The summed E-state index contributed by atoms with van der Waals surface area (Å²) in [5, 5.41) is 3.08. The number of carbonyl (C=O) groups excluding carboxylic acids is 2. The second kappa shape index (κ2) is 8.88. The molecule has 25 heavy (non-hydrogen) atoms. The van der Waals surface area contributed by atoms with Crippen molar-refractivity contribution in [3.05, 3.63) is 0 Å². The molecule has 0 unspecified atom stereocenters. The summed E-state index contributed by atoms with van der Waals surface area (Å²) in [6, 6.07) is 0. The van der Waals surface area contributed by atoms with Gasteiger partial charge in [0.25, 0.3) is 0 Å². The lowest BCUT2D eigenvalue weighted by molar-refractivity contribution is -0.126. The summed E-state index contributed by atoms with van der Waals surface area (Å²) in [5.41, 5.74) is -0.475. The van der Waals surface area contributed by atoms with E-state index in [1.165, 1.54) is 12.8 Å². The number of rotatable bonds is 4. The standard InChI is InChI=1S/C19H35N3O3/c1-15-6-5-10-21(14-15)13-9-20-17(23)16-7-11-22(12-8-16)18(24)25-19(2,3)4/h15-16H,5-14H2,1-4H3,(H,20,23)/t15-/m0/s1. The molecule has 2 aliphatic rings. The van der Waals surface area contributed by atoms with Gasteiger partial charge in [-0.05, 0) is 58.9 Å². The highest BCUT2D eigenvalue weighted by atomic mass is 16.6. The number of hydrogen-bond acceptors (Lipinski definition) is 4. The minimum Gasteiger partial charge on any atom is -0.444 e. The molecule has 0 radical (unpaired) electrons. The number of nitrogens with zero attached hydrogens (tertiary/aromatic N) is 2. The third-order valence-corrected chi connectivity index (χ3v) is 4.99. The van der Waals surface area contributed by atoms with Crippen molar-refractivity contribution >= 4 is 12.0 Å². The van der Waals surface area contributed by atoms with Crippen molar-refractivity contribution in [1.29, 1.82) is 0 Å². The zero-order valence-electron chi connectivity index (χ0n) is 16.3. The molecule has 0 aromatic heterocycles. The molecule has 0 aliphatic carbocycles. The van der Waals surface area contributed by atoms with E-state index in [1.807, 2.05) is 20.8 Å². The number of amides is 2. The molecular formula is C19H35N3O3. The summed E-state index contributed by atoms with van der Waals surface area (Å²) < 4.78 is 5.39. The number of ether oxygens (including phenoxy) is 1. The Labute approximate surface area is 152 Å². The lowest BCUT2D eigenvalue weighted by Gasteiger charge is -2.33. The molecule has 2 heterocycles. The summed E-state index contributed by atoms with van der Waals surface area (Å²) in [6.07, 6.45) is 3.74. The summed E-state index contributed by atoms with van der Waals surface area (Å²) in [6.45, 7) is 13.0. The molecule has 2 aliphatic heterocycles. The fourth-order valence-corrected chi connectivity index (χ4v) is 3.62. The predicted octanol–water partition coefficient (Wildman–Crippen LogP) is 2.48. The molecule has 144 valence electrons. The number of likely N-dealkylation sites (tertiary alicyclic amines) is 2. The molecular weight excluding hydrogens is 318 g/mol. The number of hydrogen-bond donors (Lipinski definition) is 1. The third kappa shape index (κ3) is 6.84. The van der Waals surface area contributed by atoms with E-state index in [-0.39, 0.29) is 17.9 Å². The number of piperidine rings is 2. The van der Waals surface area contributed by atoms with Crippen LogP contribution in [0.3, 0.4) is 0 Å². The van der Waals surface area contributed by atoms with Crippen LogP contribution in [0.1, 0.15) is 53.4 Å². The second-order valence-electron chi connectivity index (χ2n) is 8.58. The van der Waals surface area contributed by atoms with Gasteiger partial charge >= 0.3 is 6.09 Å². The van der Waals surface area contributed by atoms with Crippen molar-refractivity contribution in [3.63, 3.8) is 0 Å². The predicted molar refractivity (Wildman–Crippen MR) is 98.4 cm³/mol. The zero-order chi connectivity index (χ0) is 18.4. The van der Waals surface area contributed by atoms with Crippen LogP contribution in [0.15, 0.2) is 0 Å². The van der Waals surface area contributed by atoms with Gasteiger partial charge in [-0.15, -0.1) is 0 Å². The Kier molecular flexibility index (Phi) is 7.11. The van der Waals surface area contributed by atoms with Crippen LogP contribution >= 0.6 is 0 Å². The first kappa shape index (κ1) is 20.0. The molecule has 1 N–H and O–H groups in total. The highest BCUT2D eigenvalue weighted by Gasteiger charge is 2.29. The van der Waals surface area contributed by atoms with Crippen LogP contribution in [0.25, 0.3) is 0 Å². The van der Waals surface area contributed by atoms with Crippen molar-refractivity contribution in [2.45, 2.75) is 59.0 Å². The van der Waals surface area contributed by atoms with Crippen LogP contribution in [0.5, 0.6) is 0 Å². The van der Waals surface area contributed by atoms with Crippen molar-refractivity contribution < 1.29 is 14.3 Å². The van der Waals surface area contributed by atoms with E-state index in [0.717, 1.165) is 32.1 Å². The quantitative estimate of drug-likeness (QED) is 0.843. The Balaban J connectivity index is 1.64. The van der Waals surface area contributed by atoms with Crippen LogP contribution < -0.4 is 5.32 Å². The van der Waals surface area contributed by atoms with Crippen LogP contribution in [0.4, 0.5) is 4.79 Å². The van der Waals surface area contributed by atoms with Gasteiger partial charge < -0.3 is 19.9 Å². The monoisotopic (exact) mass is 353 g/mol. The smallest absolute Gasteiger partial charge is 0.410 e. The Morgan fingerprint density at radius 2 is 1.80 bits per heavy atom. The molecule has 2 fully saturated rings. The molecule has 6 heteroatoms. The Bertz CT molecular complexity index is 453. The maximum atomic E-state index is 12.3. The van der Waals surface area contributed by atoms with E-state index >= 15 is 0 Å². The number of nitrogens with one attached hydrogen (secondary N) is 1. The van der Waals surface area contributed by atoms with Crippen LogP contribution in [0, 0.1) is 11.8 Å². The normalized spacial score (nSPS) is 23.4. The number of carbonyl (C=O) groups is 2. The maximum Gasteiger partial charge on any atom is 0.410 e. The third-order valence-electron chi connectivity index (χ3n) is 4.99. The van der Waals surface area contributed by atoms with Gasteiger partial charge in [-0.1, -0.05) is 6.92 Å². The summed E-state index contributed by atoms with van der Waals surface area (Å²) >= 11 is 0. The van der Waals surface area contributed by atoms with Gasteiger partial charge in [-0.3, -0.25) is 4.79 Å². The molecule has 0 bridgehead atoms. The summed E-state index contributed by atoms with van der Waals surface area (Å²) in [4.78, 5) is 28.6. The van der Waals surface area contributed by atoms with Gasteiger partial charge in [0, 0.05) is 38.6 Å². The first-order valence-electron chi connectivity index (χ1n) is 9.72. The molecule has 2 saturated heterocycles. The first-order valence-corrected chi connectivity index (χ1v) is 9.72. The van der Waals surface area contributed by atoms with E-state index < -0.39 is 5.60 Å². The van der Waals surface area contributed by atoms with E-state index in [9.17, 15) is 9.59 Å². The SMILES string of the molecule is C[C@H]1CCCN(CCNC(=O)C2CCN(C(=O)OC(C)(C)C)CC2)C1. The minimum atomic E-state index is -0.475. The lowest BCUT2D eigenvalue weighted by atomic mass is 9.96. The van der Waals surface area contributed by atoms with Crippen molar-refractivity contribution in [2.24, 2.45) is 11.8 Å². The molecule has 0 aromatic rings. The van der Waals surface area contributed by atoms with Gasteiger partial charge in [-0.2, -0.15) is 0 Å². The topological polar surface area (TPSA) is 61.9 Å².